The lowest BCUT2D eigenvalue weighted by Crippen LogP contribution is -2.65. The van der Waals surface area contributed by atoms with Crippen molar-refractivity contribution in [3.63, 3.8) is 0 Å². The fraction of sp³-hybridized carbons (Fsp3) is 0.909. The lowest BCUT2D eigenvalue weighted by atomic mass is 9.58. The van der Waals surface area contributed by atoms with E-state index >= 15 is 0 Å². The molecular formula is C11H17NO5. The lowest BCUT2D eigenvalue weighted by Gasteiger charge is -2.50. The summed E-state index contributed by atoms with van der Waals surface area (Å²) in [5, 5.41) is 11.7. The number of hydrogen-bond donors (Lipinski definition) is 1. The molecule has 1 saturated carbocycles. The molecular weight excluding hydrogens is 226 g/mol. The van der Waals surface area contributed by atoms with E-state index in [1.807, 2.05) is 0 Å². The van der Waals surface area contributed by atoms with Crippen molar-refractivity contribution in [2.75, 3.05) is 20.8 Å². The molecule has 0 radical (unpaired) electrons. The third-order valence-corrected chi connectivity index (χ3v) is 4.50. The summed E-state index contributed by atoms with van der Waals surface area (Å²) in [6, 6.07) is -0.344. The van der Waals surface area contributed by atoms with Crippen LogP contribution in [0.5, 0.6) is 0 Å². The predicted molar refractivity (Wildman–Crippen MR) is 55.6 cm³/mol. The molecule has 0 amide bonds. The number of aliphatic hydroxyl groups excluding tert-OH is 1. The molecule has 0 aromatic heterocycles. The number of rotatable bonds is 2. The molecule has 1 aliphatic carbocycles. The number of carbonyl (C=O) groups is 1. The first-order valence-electron chi connectivity index (χ1n) is 5.89. The predicted octanol–water partition coefficient (Wildman–Crippen LogP) is -0.337. The van der Waals surface area contributed by atoms with Gasteiger partial charge in [0.25, 0.3) is 0 Å². The molecule has 2 unspecified atom stereocenters. The van der Waals surface area contributed by atoms with E-state index in [0.29, 0.717) is 25.8 Å². The third kappa shape index (κ3) is 1.07. The van der Waals surface area contributed by atoms with Crippen LogP contribution in [0.3, 0.4) is 0 Å². The highest BCUT2D eigenvalue weighted by Gasteiger charge is 2.78. The maximum atomic E-state index is 12.1. The molecule has 3 fully saturated rings. The van der Waals surface area contributed by atoms with Crippen LogP contribution in [0, 0.1) is 5.41 Å². The summed E-state index contributed by atoms with van der Waals surface area (Å²) in [6.45, 7) is 0.621. The van der Waals surface area contributed by atoms with Crippen molar-refractivity contribution in [2.24, 2.45) is 5.41 Å². The number of hydrogen-bond acceptors (Lipinski definition) is 6. The SMILES string of the molecule is COC(=O)C12CCC1(OC)ON1CC[C@H](O)[C@H]12. The molecule has 0 spiro atoms. The summed E-state index contributed by atoms with van der Waals surface area (Å²) < 4.78 is 10.3. The minimum absolute atomic E-state index is 0.344. The zero-order chi connectivity index (χ0) is 12.3. The van der Waals surface area contributed by atoms with E-state index in [1.54, 1.807) is 5.06 Å². The van der Waals surface area contributed by atoms with E-state index in [1.165, 1.54) is 14.2 Å². The summed E-state index contributed by atoms with van der Waals surface area (Å²) in [5.41, 5.74) is -0.869. The van der Waals surface area contributed by atoms with Gasteiger partial charge in [-0.2, -0.15) is 5.06 Å². The summed E-state index contributed by atoms with van der Waals surface area (Å²) in [4.78, 5) is 17.9. The van der Waals surface area contributed by atoms with Crippen LogP contribution in [0.4, 0.5) is 0 Å². The van der Waals surface area contributed by atoms with Gasteiger partial charge in [-0.3, -0.25) is 9.63 Å². The highest BCUT2D eigenvalue weighted by Crippen LogP contribution is 2.63. The number of nitrogens with zero attached hydrogens (tertiary/aromatic N) is 1. The summed E-state index contributed by atoms with van der Waals surface area (Å²) >= 11 is 0. The van der Waals surface area contributed by atoms with Gasteiger partial charge in [-0.1, -0.05) is 0 Å². The first-order valence-corrected chi connectivity index (χ1v) is 5.89. The number of hydroxylamine groups is 2. The molecule has 3 aliphatic rings. The van der Waals surface area contributed by atoms with E-state index in [0.717, 1.165) is 0 Å². The van der Waals surface area contributed by atoms with Crippen LogP contribution in [0.25, 0.3) is 0 Å². The minimum atomic E-state index is -0.938. The van der Waals surface area contributed by atoms with Crippen molar-refractivity contribution >= 4 is 5.97 Å². The molecule has 3 rings (SSSR count). The Labute approximate surface area is 99.4 Å². The molecule has 1 N–H and O–H groups in total. The Morgan fingerprint density at radius 3 is 2.76 bits per heavy atom. The molecule has 2 aliphatic heterocycles. The van der Waals surface area contributed by atoms with Gasteiger partial charge >= 0.3 is 5.97 Å². The van der Waals surface area contributed by atoms with Gasteiger partial charge < -0.3 is 14.6 Å². The van der Waals surface area contributed by atoms with Gasteiger partial charge in [0.05, 0.1) is 19.3 Å². The van der Waals surface area contributed by atoms with Gasteiger partial charge in [-0.25, -0.2) is 0 Å². The van der Waals surface area contributed by atoms with Gasteiger partial charge in [-0.15, -0.1) is 0 Å². The average Bonchev–Trinajstić information content (AvgIpc) is 2.75. The molecule has 96 valence electrons. The van der Waals surface area contributed by atoms with E-state index in [4.69, 9.17) is 14.3 Å². The number of fused-ring (bicyclic) bond motifs is 3. The first-order chi connectivity index (χ1) is 8.11. The Hall–Kier alpha value is -0.690. The van der Waals surface area contributed by atoms with Crippen molar-refractivity contribution in [2.45, 2.75) is 37.2 Å². The second-order valence-corrected chi connectivity index (χ2v) is 4.95. The number of aliphatic hydroxyl groups is 1. The first kappa shape index (κ1) is 11.4. The van der Waals surface area contributed by atoms with E-state index < -0.39 is 17.3 Å². The van der Waals surface area contributed by atoms with E-state index in [-0.39, 0.29) is 12.0 Å². The van der Waals surface area contributed by atoms with Crippen molar-refractivity contribution in [1.82, 2.24) is 5.06 Å². The Bertz CT molecular complexity index is 358. The van der Waals surface area contributed by atoms with Crippen LogP contribution in [0.15, 0.2) is 0 Å². The number of carbonyl (C=O) groups excluding carboxylic acids is 1. The molecule has 6 heteroatoms. The number of esters is 1. The van der Waals surface area contributed by atoms with E-state index in [2.05, 4.69) is 0 Å². The van der Waals surface area contributed by atoms with Crippen molar-refractivity contribution in [3.8, 4) is 0 Å². The standard InChI is InChI=1S/C11H17NO5/c1-15-9(14)10-4-5-11(10,16-2)17-12-6-3-7(13)8(10)12/h7-8,13H,3-6H2,1-2H3/t7-,8-,10?,11?/m0/s1. The smallest absolute Gasteiger partial charge is 0.319 e. The van der Waals surface area contributed by atoms with Crippen LogP contribution in [0.2, 0.25) is 0 Å². The zero-order valence-corrected chi connectivity index (χ0v) is 10.0. The maximum absolute atomic E-state index is 12.1. The van der Waals surface area contributed by atoms with Crippen LogP contribution >= 0.6 is 0 Å². The van der Waals surface area contributed by atoms with Crippen LogP contribution in [-0.2, 0) is 19.1 Å². The zero-order valence-electron chi connectivity index (χ0n) is 10.0. The fourth-order valence-electron chi connectivity index (χ4n) is 3.60. The number of methoxy groups -OCH3 is 2. The third-order valence-electron chi connectivity index (χ3n) is 4.50. The Balaban J connectivity index is 2.04. The largest absolute Gasteiger partial charge is 0.468 e. The van der Waals surface area contributed by atoms with Gasteiger partial charge in [0.2, 0.25) is 5.79 Å². The monoisotopic (exact) mass is 243 g/mol. The lowest BCUT2D eigenvalue weighted by molar-refractivity contribution is -0.344. The van der Waals surface area contributed by atoms with Crippen molar-refractivity contribution in [1.29, 1.82) is 0 Å². The fourth-order valence-corrected chi connectivity index (χ4v) is 3.60. The average molecular weight is 243 g/mol. The van der Waals surface area contributed by atoms with Gasteiger partial charge in [0.15, 0.2) is 0 Å². The van der Waals surface area contributed by atoms with Gasteiger partial charge in [0, 0.05) is 20.1 Å². The molecule has 6 nitrogen and oxygen atoms in total. The van der Waals surface area contributed by atoms with Crippen LogP contribution in [-0.4, -0.2) is 54.8 Å². The Morgan fingerprint density at radius 2 is 2.24 bits per heavy atom. The highest BCUT2D eigenvalue weighted by molar-refractivity contribution is 5.81. The van der Waals surface area contributed by atoms with Crippen molar-refractivity contribution in [3.05, 3.63) is 0 Å². The van der Waals surface area contributed by atoms with Gasteiger partial charge in [0.1, 0.15) is 5.41 Å². The minimum Gasteiger partial charge on any atom is -0.468 e. The number of ether oxygens (including phenoxy) is 2. The summed E-state index contributed by atoms with van der Waals surface area (Å²) in [6.07, 6.45) is 1.33. The maximum Gasteiger partial charge on any atom is 0.319 e. The molecule has 0 aromatic rings. The molecule has 0 bridgehead atoms. The van der Waals surface area contributed by atoms with E-state index in [9.17, 15) is 9.90 Å². The quantitative estimate of drug-likeness (QED) is 0.669. The second kappa shape index (κ2) is 3.41. The van der Waals surface area contributed by atoms with Crippen molar-refractivity contribution < 1.29 is 24.2 Å². The van der Waals surface area contributed by atoms with Gasteiger partial charge in [-0.05, 0) is 12.8 Å². The summed E-state index contributed by atoms with van der Waals surface area (Å²) in [5.74, 6) is -1.29. The second-order valence-electron chi connectivity index (χ2n) is 4.95. The molecule has 2 heterocycles. The summed E-state index contributed by atoms with van der Waals surface area (Å²) in [7, 11) is 2.89. The normalized spacial score (nSPS) is 48.4. The molecule has 4 atom stereocenters. The molecule has 2 saturated heterocycles. The molecule has 0 aromatic carbocycles. The Morgan fingerprint density at radius 1 is 1.47 bits per heavy atom. The Kier molecular flexibility index (Phi) is 2.29. The van der Waals surface area contributed by atoms with Crippen LogP contribution < -0.4 is 0 Å². The highest BCUT2D eigenvalue weighted by atomic mass is 16.8. The van der Waals surface area contributed by atoms with Crippen LogP contribution in [0.1, 0.15) is 19.3 Å². The molecule has 17 heavy (non-hydrogen) atoms. The topological polar surface area (TPSA) is 68.2 Å².